The van der Waals surface area contributed by atoms with Gasteiger partial charge in [-0.05, 0) is 68.6 Å². The van der Waals surface area contributed by atoms with Crippen LogP contribution in [0, 0.1) is 23.2 Å². The molecule has 1 atom stereocenters. The molecular weight excluding hydrogens is 238 g/mol. The lowest BCUT2D eigenvalue weighted by molar-refractivity contribution is -0.126. The van der Waals surface area contributed by atoms with Gasteiger partial charge < -0.3 is 10.1 Å². The summed E-state index contributed by atoms with van der Waals surface area (Å²) in [6.07, 6.45) is 8.93. The van der Waals surface area contributed by atoms with Gasteiger partial charge >= 0.3 is 0 Å². The van der Waals surface area contributed by atoms with E-state index in [4.69, 9.17) is 4.74 Å². The van der Waals surface area contributed by atoms with Crippen molar-refractivity contribution in [2.45, 2.75) is 57.9 Å². The number of carbonyl (C=O) groups is 1. The van der Waals surface area contributed by atoms with Crippen LogP contribution >= 0.6 is 0 Å². The van der Waals surface area contributed by atoms with Gasteiger partial charge in [0.2, 0.25) is 5.91 Å². The highest BCUT2D eigenvalue weighted by atomic mass is 16.5. The average molecular weight is 265 g/mol. The molecule has 108 valence electrons. The number of nitrogens with one attached hydrogen (secondary N) is 1. The first-order valence-corrected chi connectivity index (χ1v) is 7.89. The minimum Gasteiger partial charge on any atom is -0.384 e. The van der Waals surface area contributed by atoms with Crippen LogP contribution in [0.5, 0.6) is 0 Å². The summed E-state index contributed by atoms with van der Waals surface area (Å²) < 4.78 is 4.98. The van der Waals surface area contributed by atoms with Crippen LogP contribution in [0.25, 0.3) is 0 Å². The zero-order valence-electron chi connectivity index (χ0n) is 12.3. The zero-order valence-corrected chi connectivity index (χ0v) is 12.3. The molecule has 4 saturated carbocycles. The molecule has 0 aromatic heterocycles. The summed E-state index contributed by atoms with van der Waals surface area (Å²) in [5.41, 5.74) is 0.414. The maximum atomic E-state index is 11.9. The van der Waals surface area contributed by atoms with E-state index in [0.29, 0.717) is 24.5 Å². The maximum Gasteiger partial charge on any atom is 0.222 e. The van der Waals surface area contributed by atoms with Gasteiger partial charge in [0.25, 0.3) is 0 Å². The summed E-state index contributed by atoms with van der Waals surface area (Å²) in [6, 6.07) is 0.338. The molecule has 0 radical (unpaired) electrons. The van der Waals surface area contributed by atoms with Gasteiger partial charge in [-0.2, -0.15) is 0 Å². The molecule has 1 N–H and O–H groups in total. The summed E-state index contributed by atoms with van der Waals surface area (Å²) in [5.74, 6) is 3.00. The van der Waals surface area contributed by atoms with E-state index >= 15 is 0 Å². The largest absolute Gasteiger partial charge is 0.384 e. The lowest BCUT2D eigenvalue weighted by atomic mass is 9.48. The summed E-state index contributed by atoms with van der Waals surface area (Å²) >= 11 is 0. The molecule has 4 aliphatic rings. The van der Waals surface area contributed by atoms with E-state index in [-0.39, 0.29) is 5.91 Å². The number of methoxy groups -OCH3 is 1. The van der Waals surface area contributed by atoms with Crippen molar-refractivity contribution in [3.8, 4) is 0 Å². The van der Waals surface area contributed by atoms with Crippen LogP contribution in [0.2, 0.25) is 0 Å². The van der Waals surface area contributed by atoms with Crippen LogP contribution in [0.4, 0.5) is 0 Å². The number of carbonyl (C=O) groups excluding carboxylic acids is 1. The maximum absolute atomic E-state index is 11.9. The SMILES string of the molecule is COCCC(=O)NC(C)C12CC3CC(CC(C3)C1)C2. The number of hydrogen-bond acceptors (Lipinski definition) is 2. The number of amides is 1. The standard InChI is InChI=1S/C16H27NO2/c1-11(17-15(18)3-4-19-2)16-8-12-5-13(9-16)7-14(6-12)10-16/h11-14H,3-10H2,1-2H3,(H,17,18). The predicted octanol–water partition coefficient (Wildman–Crippen LogP) is 2.74. The Kier molecular flexibility index (Phi) is 3.59. The third kappa shape index (κ3) is 2.54. The zero-order chi connectivity index (χ0) is 13.5. The van der Waals surface area contributed by atoms with Crippen LogP contribution in [-0.2, 0) is 9.53 Å². The topological polar surface area (TPSA) is 38.3 Å². The highest BCUT2D eigenvalue weighted by Crippen LogP contribution is 2.61. The van der Waals surface area contributed by atoms with Crippen LogP contribution in [0.3, 0.4) is 0 Å². The van der Waals surface area contributed by atoms with Crippen LogP contribution < -0.4 is 5.32 Å². The minimum absolute atomic E-state index is 0.157. The molecular formula is C16H27NO2. The predicted molar refractivity (Wildman–Crippen MR) is 74.7 cm³/mol. The van der Waals surface area contributed by atoms with Crippen LogP contribution in [-0.4, -0.2) is 25.7 Å². The van der Waals surface area contributed by atoms with Crippen molar-refractivity contribution in [1.82, 2.24) is 5.32 Å². The molecule has 19 heavy (non-hydrogen) atoms. The first-order valence-electron chi connectivity index (χ1n) is 7.89. The molecule has 4 rings (SSSR count). The van der Waals surface area contributed by atoms with E-state index in [1.165, 1.54) is 38.5 Å². The summed E-state index contributed by atoms with van der Waals surface area (Å²) in [5, 5.41) is 3.25. The lowest BCUT2D eigenvalue weighted by Gasteiger charge is -2.59. The monoisotopic (exact) mass is 265 g/mol. The van der Waals surface area contributed by atoms with E-state index in [2.05, 4.69) is 12.2 Å². The molecule has 4 aliphatic carbocycles. The Morgan fingerprint density at radius 3 is 2.21 bits per heavy atom. The van der Waals surface area contributed by atoms with E-state index in [0.717, 1.165) is 17.8 Å². The first-order chi connectivity index (χ1) is 9.11. The molecule has 1 amide bonds. The van der Waals surface area contributed by atoms with E-state index < -0.39 is 0 Å². The Bertz CT molecular complexity index is 317. The van der Waals surface area contributed by atoms with Gasteiger partial charge in [-0.3, -0.25) is 4.79 Å². The quantitative estimate of drug-likeness (QED) is 0.830. The van der Waals surface area contributed by atoms with Gasteiger partial charge in [-0.15, -0.1) is 0 Å². The van der Waals surface area contributed by atoms with Gasteiger partial charge in [0, 0.05) is 19.6 Å². The number of hydrogen-bond donors (Lipinski definition) is 1. The van der Waals surface area contributed by atoms with Gasteiger partial charge in [-0.1, -0.05) is 0 Å². The minimum atomic E-state index is 0.157. The Balaban J connectivity index is 1.63. The molecule has 4 fully saturated rings. The van der Waals surface area contributed by atoms with Crippen LogP contribution in [0.1, 0.15) is 51.9 Å². The highest BCUT2D eigenvalue weighted by Gasteiger charge is 2.53. The first kappa shape index (κ1) is 13.4. The fourth-order valence-corrected chi connectivity index (χ4v) is 5.37. The number of rotatable bonds is 5. The van der Waals surface area contributed by atoms with Crippen LogP contribution in [0.15, 0.2) is 0 Å². The summed E-state index contributed by atoms with van der Waals surface area (Å²) in [4.78, 5) is 11.9. The fourth-order valence-electron chi connectivity index (χ4n) is 5.37. The third-order valence-electron chi connectivity index (χ3n) is 5.91. The summed E-state index contributed by atoms with van der Waals surface area (Å²) in [6.45, 7) is 2.76. The molecule has 1 unspecified atom stereocenters. The Morgan fingerprint density at radius 1 is 1.21 bits per heavy atom. The van der Waals surface area contributed by atoms with E-state index in [1.54, 1.807) is 7.11 Å². The highest BCUT2D eigenvalue weighted by molar-refractivity contribution is 5.76. The molecule has 0 aromatic rings. The van der Waals surface area contributed by atoms with Gasteiger partial charge in [0.05, 0.1) is 6.61 Å². The smallest absolute Gasteiger partial charge is 0.222 e. The molecule has 0 aromatic carbocycles. The second-order valence-electron chi connectivity index (χ2n) is 7.31. The summed E-state index contributed by atoms with van der Waals surface area (Å²) in [7, 11) is 1.65. The molecule has 0 heterocycles. The van der Waals surface area contributed by atoms with Crippen molar-refractivity contribution in [3.63, 3.8) is 0 Å². The van der Waals surface area contributed by atoms with E-state index in [1.807, 2.05) is 0 Å². The normalized spacial score (nSPS) is 41.3. The third-order valence-corrected chi connectivity index (χ3v) is 5.91. The number of ether oxygens (including phenoxy) is 1. The lowest BCUT2D eigenvalue weighted by Crippen LogP contribution is -2.55. The van der Waals surface area contributed by atoms with Crippen molar-refractivity contribution < 1.29 is 9.53 Å². The van der Waals surface area contributed by atoms with Crippen molar-refractivity contribution in [2.24, 2.45) is 23.2 Å². The second kappa shape index (κ2) is 5.08. The molecule has 0 saturated heterocycles. The Labute approximate surface area is 116 Å². The Morgan fingerprint density at radius 2 is 1.74 bits per heavy atom. The fraction of sp³-hybridized carbons (Fsp3) is 0.938. The van der Waals surface area contributed by atoms with Crippen molar-refractivity contribution >= 4 is 5.91 Å². The van der Waals surface area contributed by atoms with Crippen molar-refractivity contribution in [2.75, 3.05) is 13.7 Å². The average Bonchev–Trinajstić information content (AvgIpc) is 2.34. The molecule has 0 spiro atoms. The Hall–Kier alpha value is -0.570. The van der Waals surface area contributed by atoms with Crippen molar-refractivity contribution in [1.29, 1.82) is 0 Å². The molecule has 3 heteroatoms. The second-order valence-corrected chi connectivity index (χ2v) is 7.31. The van der Waals surface area contributed by atoms with Crippen molar-refractivity contribution in [3.05, 3.63) is 0 Å². The van der Waals surface area contributed by atoms with Gasteiger partial charge in [0.15, 0.2) is 0 Å². The van der Waals surface area contributed by atoms with Gasteiger partial charge in [-0.25, -0.2) is 0 Å². The van der Waals surface area contributed by atoms with E-state index in [9.17, 15) is 4.79 Å². The molecule has 4 bridgehead atoms. The van der Waals surface area contributed by atoms with Gasteiger partial charge in [0.1, 0.15) is 0 Å². The molecule has 0 aliphatic heterocycles. The molecule has 3 nitrogen and oxygen atoms in total.